The van der Waals surface area contributed by atoms with Gasteiger partial charge >= 0.3 is 0 Å². The molecule has 106 valence electrons. The van der Waals surface area contributed by atoms with Crippen molar-refractivity contribution in [3.8, 4) is 0 Å². The molecule has 21 heavy (non-hydrogen) atoms. The summed E-state index contributed by atoms with van der Waals surface area (Å²) in [6.45, 7) is 5.75. The van der Waals surface area contributed by atoms with E-state index in [4.69, 9.17) is 11.6 Å². The normalized spacial score (nSPS) is 13.6. The van der Waals surface area contributed by atoms with E-state index in [1.54, 1.807) is 11.8 Å². The Morgan fingerprint density at radius 3 is 2.29 bits per heavy atom. The van der Waals surface area contributed by atoms with Crippen molar-refractivity contribution in [2.45, 2.75) is 20.8 Å². The van der Waals surface area contributed by atoms with Gasteiger partial charge in [0.15, 0.2) is 0 Å². The molecule has 1 heterocycles. The average molecular weight is 298 g/mol. The topological polar surface area (TPSA) is 20.3 Å². The number of amides is 1. The first-order valence-corrected chi connectivity index (χ1v) is 7.26. The molecule has 2 aromatic carbocycles. The molecular formula is C18H16ClNO. The van der Waals surface area contributed by atoms with Crippen LogP contribution in [-0.2, 0) is 4.79 Å². The van der Waals surface area contributed by atoms with E-state index in [0.717, 1.165) is 33.6 Å². The molecule has 0 spiro atoms. The number of halogens is 1. The van der Waals surface area contributed by atoms with Gasteiger partial charge in [0, 0.05) is 23.1 Å². The van der Waals surface area contributed by atoms with Gasteiger partial charge in [-0.3, -0.25) is 9.69 Å². The van der Waals surface area contributed by atoms with Crippen LogP contribution in [0.5, 0.6) is 0 Å². The van der Waals surface area contributed by atoms with Gasteiger partial charge < -0.3 is 0 Å². The summed E-state index contributed by atoms with van der Waals surface area (Å²) in [5, 5.41) is 0.676. The van der Waals surface area contributed by atoms with Crippen LogP contribution in [0.1, 0.15) is 31.9 Å². The Kier molecular flexibility index (Phi) is 3.34. The van der Waals surface area contributed by atoms with Gasteiger partial charge in [-0.1, -0.05) is 29.8 Å². The van der Waals surface area contributed by atoms with Gasteiger partial charge in [0.25, 0.3) is 0 Å². The van der Waals surface area contributed by atoms with Crippen molar-refractivity contribution in [2.75, 3.05) is 4.90 Å². The lowest BCUT2D eigenvalue weighted by atomic mass is 9.97. The van der Waals surface area contributed by atoms with E-state index in [9.17, 15) is 4.79 Å². The van der Waals surface area contributed by atoms with E-state index in [1.165, 1.54) is 0 Å². The molecule has 0 N–H and O–H groups in total. The van der Waals surface area contributed by atoms with Crippen molar-refractivity contribution in [3.63, 3.8) is 0 Å². The zero-order valence-electron chi connectivity index (χ0n) is 12.3. The number of carbonyl (C=O) groups is 1. The lowest BCUT2D eigenvalue weighted by molar-refractivity contribution is -0.115. The maximum Gasteiger partial charge on any atom is 0.228 e. The van der Waals surface area contributed by atoms with Crippen molar-refractivity contribution in [2.24, 2.45) is 0 Å². The first-order chi connectivity index (χ1) is 10.0. The molecule has 0 unspecified atom stereocenters. The zero-order valence-corrected chi connectivity index (χ0v) is 13.0. The van der Waals surface area contributed by atoms with Crippen LogP contribution in [0.3, 0.4) is 0 Å². The molecule has 0 aliphatic carbocycles. The lowest BCUT2D eigenvalue weighted by Gasteiger charge is -2.24. The number of hydrogen-bond donors (Lipinski definition) is 0. The summed E-state index contributed by atoms with van der Waals surface area (Å²) >= 11 is 6.16. The molecule has 3 heteroatoms. The summed E-state index contributed by atoms with van der Waals surface area (Å²) in [5.74, 6) is -0.00600. The molecule has 0 fully saturated rings. The second-order valence-electron chi connectivity index (χ2n) is 5.28. The van der Waals surface area contributed by atoms with Crippen molar-refractivity contribution >= 4 is 40.0 Å². The molecule has 0 atom stereocenters. The third-order valence-corrected chi connectivity index (χ3v) is 4.26. The fraction of sp³-hybridized carbons (Fsp3) is 0.167. The SMILES string of the molecule is CC(=O)N1c2ccccc2C(C)=C(C)c2cc(Cl)ccc21. The van der Waals surface area contributed by atoms with Gasteiger partial charge in [-0.25, -0.2) is 0 Å². The third-order valence-electron chi connectivity index (χ3n) is 4.03. The number of allylic oxidation sites excluding steroid dienone is 2. The average Bonchev–Trinajstić information content (AvgIpc) is 2.55. The number of benzene rings is 2. The molecule has 2 nitrogen and oxygen atoms in total. The number of carbonyl (C=O) groups excluding carboxylic acids is 1. The number of nitrogens with zero attached hydrogens (tertiary/aromatic N) is 1. The predicted molar refractivity (Wildman–Crippen MR) is 88.9 cm³/mol. The van der Waals surface area contributed by atoms with Crippen LogP contribution in [0.25, 0.3) is 11.1 Å². The van der Waals surface area contributed by atoms with Crippen LogP contribution in [0.15, 0.2) is 42.5 Å². The van der Waals surface area contributed by atoms with Gasteiger partial charge in [-0.15, -0.1) is 0 Å². The van der Waals surface area contributed by atoms with E-state index in [2.05, 4.69) is 19.9 Å². The van der Waals surface area contributed by atoms with E-state index in [1.807, 2.05) is 36.4 Å². The van der Waals surface area contributed by atoms with Crippen molar-refractivity contribution in [1.29, 1.82) is 0 Å². The summed E-state index contributed by atoms with van der Waals surface area (Å²) < 4.78 is 0. The maximum atomic E-state index is 12.2. The summed E-state index contributed by atoms with van der Waals surface area (Å²) in [7, 11) is 0. The van der Waals surface area contributed by atoms with Gasteiger partial charge in [-0.05, 0) is 49.3 Å². The Labute approximate surface area is 129 Å². The number of fused-ring (bicyclic) bond motifs is 2. The second-order valence-corrected chi connectivity index (χ2v) is 5.72. The molecule has 1 aliphatic rings. The minimum Gasteiger partial charge on any atom is -0.280 e. The molecule has 0 aromatic heterocycles. The van der Waals surface area contributed by atoms with Crippen LogP contribution in [-0.4, -0.2) is 5.91 Å². The highest BCUT2D eigenvalue weighted by Gasteiger charge is 2.25. The largest absolute Gasteiger partial charge is 0.280 e. The summed E-state index contributed by atoms with van der Waals surface area (Å²) in [4.78, 5) is 14.0. The number of para-hydroxylation sites is 1. The van der Waals surface area contributed by atoms with E-state index >= 15 is 0 Å². The highest BCUT2D eigenvalue weighted by Crippen LogP contribution is 2.43. The molecule has 1 aliphatic heterocycles. The minimum absolute atomic E-state index is 0.00600. The summed E-state index contributed by atoms with van der Waals surface area (Å²) in [6.07, 6.45) is 0. The second kappa shape index (κ2) is 5.05. The number of anilines is 2. The van der Waals surface area contributed by atoms with Crippen LogP contribution in [0.2, 0.25) is 5.02 Å². The first kappa shape index (κ1) is 13.9. The summed E-state index contributed by atoms with van der Waals surface area (Å²) in [6, 6.07) is 13.7. The Hall–Kier alpha value is -2.06. The van der Waals surface area contributed by atoms with Crippen LogP contribution in [0, 0.1) is 0 Å². The number of hydrogen-bond acceptors (Lipinski definition) is 1. The fourth-order valence-electron chi connectivity index (χ4n) is 2.86. The van der Waals surface area contributed by atoms with Crippen molar-refractivity contribution in [1.82, 2.24) is 0 Å². The third kappa shape index (κ3) is 2.16. The predicted octanol–water partition coefficient (Wildman–Crippen LogP) is 5.29. The van der Waals surface area contributed by atoms with Gasteiger partial charge in [0.2, 0.25) is 5.91 Å². The maximum absolute atomic E-state index is 12.2. The van der Waals surface area contributed by atoms with E-state index in [-0.39, 0.29) is 5.91 Å². The van der Waals surface area contributed by atoms with Crippen LogP contribution < -0.4 is 4.90 Å². The Balaban J connectivity index is 2.42. The zero-order chi connectivity index (χ0) is 15.1. The molecule has 0 saturated heterocycles. The summed E-state index contributed by atoms with van der Waals surface area (Å²) in [5.41, 5.74) is 6.20. The van der Waals surface area contributed by atoms with Gasteiger partial charge in [0.05, 0.1) is 11.4 Å². The van der Waals surface area contributed by atoms with E-state index < -0.39 is 0 Å². The molecule has 0 bridgehead atoms. The van der Waals surface area contributed by atoms with Gasteiger partial charge in [-0.2, -0.15) is 0 Å². The molecule has 3 rings (SSSR count). The monoisotopic (exact) mass is 297 g/mol. The standard InChI is InChI=1S/C18H16ClNO/c1-11-12(2)16-10-14(19)8-9-18(16)20(13(3)21)17-7-5-4-6-15(11)17/h4-10H,1-3H3. The quantitative estimate of drug-likeness (QED) is 0.647. The van der Waals surface area contributed by atoms with Crippen molar-refractivity contribution in [3.05, 3.63) is 58.6 Å². The minimum atomic E-state index is -0.00600. The molecule has 1 amide bonds. The first-order valence-electron chi connectivity index (χ1n) is 6.88. The highest BCUT2D eigenvalue weighted by atomic mass is 35.5. The highest BCUT2D eigenvalue weighted by molar-refractivity contribution is 6.31. The fourth-order valence-corrected chi connectivity index (χ4v) is 3.03. The molecular weight excluding hydrogens is 282 g/mol. The number of rotatable bonds is 0. The Morgan fingerprint density at radius 1 is 0.952 bits per heavy atom. The van der Waals surface area contributed by atoms with Crippen LogP contribution in [0.4, 0.5) is 11.4 Å². The van der Waals surface area contributed by atoms with E-state index in [0.29, 0.717) is 5.02 Å². The van der Waals surface area contributed by atoms with Crippen molar-refractivity contribution < 1.29 is 4.79 Å². The Bertz CT molecular complexity index is 777. The molecule has 2 aromatic rings. The molecule has 0 saturated carbocycles. The smallest absolute Gasteiger partial charge is 0.228 e. The lowest BCUT2D eigenvalue weighted by Crippen LogP contribution is -2.23. The Morgan fingerprint density at radius 2 is 1.57 bits per heavy atom. The van der Waals surface area contributed by atoms with Crippen LogP contribution >= 0.6 is 11.6 Å². The van der Waals surface area contributed by atoms with Gasteiger partial charge in [0.1, 0.15) is 0 Å². The molecule has 0 radical (unpaired) electrons.